The number of carboxylic acids is 10. The summed E-state index contributed by atoms with van der Waals surface area (Å²) in [6.45, 7) is -0.778. The van der Waals surface area contributed by atoms with E-state index in [4.69, 9.17) is 15.6 Å². The lowest BCUT2D eigenvalue weighted by Crippen LogP contribution is -2.52. The van der Waals surface area contributed by atoms with E-state index in [1.54, 1.807) is 48.5 Å². The number of hydrogen-bond donors (Lipinski definition) is 17. The average Bonchev–Trinajstić information content (AvgIpc) is 0.830. The van der Waals surface area contributed by atoms with Crippen LogP contribution in [0.5, 0.6) is 11.5 Å². The molecule has 0 bridgehead atoms. The minimum atomic E-state index is -2.01. The summed E-state index contributed by atoms with van der Waals surface area (Å²) in [6.07, 6.45) is -9.52. The fourth-order valence-electron chi connectivity index (χ4n) is 14.9. The van der Waals surface area contributed by atoms with E-state index in [0.29, 0.717) is 22.2 Å². The lowest BCUT2D eigenvalue weighted by Gasteiger charge is -2.35. The molecule has 1 aliphatic heterocycles. The minimum absolute atomic E-state index is 0.0261. The molecule has 0 saturated carbocycles. The van der Waals surface area contributed by atoms with Gasteiger partial charge in [-0.1, -0.05) is 61.0 Å². The van der Waals surface area contributed by atoms with Gasteiger partial charge in [-0.15, -0.1) is 0 Å². The number of nitrogens with one attached hydrogen (secondary N) is 5. The third-order valence-corrected chi connectivity index (χ3v) is 22.2. The summed E-state index contributed by atoms with van der Waals surface area (Å²) in [7, 11) is 0. The van der Waals surface area contributed by atoms with Gasteiger partial charge in [0.05, 0.1) is 36.7 Å². The van der Waals surface area contributed by atoms with Crippen LogP contribution < -0.4 is 37.1 Å². The van der Waals surface area contributed by atoms with Crippen LogP contribution in [0, 0.1) is 23.7 Å². The van der Waals surface area contributed by atoms with E-state index < -0.39 is 266 Å². The molecular weight excluding hydrogens is 1730 g/mol. The summed E-state index contributed by atoms with van der Waals surface area (Å²) in [4.78, 5) is 267. The van der Waals surface area contributed by atoms with E-state index in [1.807, 2.05) is 6.07 Å². The SMILES string of the molecule is CC(=O)[C@H](CCC(=O)O)CC(=O)C[C@@H](CCC(=O)N[C@H](CCCCC(=O)C[C@@H](NC(=O)c1cc(C(=O)O)cc(C(=O)O)c1)C(=O)NCCCC[C@@H](NC(=O)[C@H](CC(=O)C(NC(=O)[C@@H](CC(=O)CC[C@H](C(=O)O)N1CCN(CC(=O)O)CCN(CC(=O)O)CCN(CC(=O)O)CC1)Cc1ccc(N)cc1)Oc1ccc(O)cc1)Cc1ccc2ccccc2c1)C(=O)O)C(=O)O)C(=O)O. The van der Waals surface area contributed by atoms with Crippen molar-refractivity contribution >= 4 is 135 Å². The Kier molecular flexibility index (Phi) is 43.5. The van der Waals surface area contributed by atoms with Crippen LogP contribution in [0.1, 0.15) is 165 Å². The topological polar surface area (TPSA) is 672 Å². The Morgan fingerprint density at radius 3 is 1.43 bits per heavy atom. The van der Waals surface area contributed by atoms with E-state index in [-0.39, 0.29) is 141 Å². The molecular formula is C90H112N10O32. The zero-order chi connectivity index (χ0) is 97.4. The van der Waals surface area contributed by atoms with E-state index in [2.05, 4.69) is 26.6 Å². The quantitative estimate of drug-likeness (QED) is 0.0151. The molecule has 132 heavy (non-hydrogen) atoms. The number of hydrogen-bond acceptors (Lipinski definition) is 27. The number of carboxylic acid groups (broad SMARTS) is 10. The van der Waals surface area contributed by atoms with Gasteiger partial charge in [-0.25, -0.2) is 19.2 Å². The first-order chi connectivity index (χ1) is 62.5. The maximum Gasteiger partial charge on any atom is 0.335 e. The molecule has 1 heterocycles. The van der Waals surface area contributed by atoms with Gasteiger partial charge < -0.3 is 93.2 Å². The highest BCUT2D eigenvalue weighted by Crippen LogP contribution is 2.27. The van der Waals surface area contributed by atoms with Crippen LogP contribution in [0.3, 0.4) is 0 Å². The van der Waals surface area contributed by atoms with Crippen molar-refractivity contribution in [3.8, 4) is 11.5 Å². The maximum atomic E-state index is 15.2. The van der Waals surface area contributed by atoms with Gasteiger partial charge in [0, 0.05) is 146 Å². The summed E-state index contributed by atoms with van der Waals surface area (Å²) in [5, 5.41) is 123. The molecule has 1 aliphatic rings. The first-order valence-electron chi connectivity index (χ1n) is 42.7. The number of nitrogens with two attached hydrogens (primary N) is 1. The molecule has 1 fully saturated rings. The number of ketones is 5. The van der Waals surface area contributed by atoms with Crippen LogP contribution in [0.2, 0.25) is 0 Å². The van der Waals surface area contributed by atoms with Crippen molar-refractivity contribution in [2.45, 2.75) is 166 Å². The van der Waals surface area contributed by atoms with Crippen molar-refractivity contribution in [2.75, 3.05) is 84.3 Å². The Morgan fingerprint density at radius 1 is 0.402 bits per heavy atom. The molecule has 0 aromatic heterocycles. The summed E-state index contributed by atoms with van der Waals surface area (Å²) < 4.78 is 6.15. The lowest BCUT2D eigenvalue weighted by atomic mass is 9.88. The van der Waals surface area contributed by atoms with E-state index in [1.165, 1.54) is 56.0 Å². The van der Waals surface area contributed by atoms with Crippen LogP contribution >= 0.6 is 0 Å². The Bertz CT molecular complexity index is 4900. The number of anilines is 1. The number of aliphatic carboxylic acids is 8. The number of amides is 5. The molecule has 5 aromatic carbocycles. The number of rotatable bonds is 58. The number of carbonyl (C=O) groups is 20. The molecule has 0 radical (unpaired) electrons. The highest BCUT2D eigenvalue weighted by molar-refractivity contribution is 6.04. The number of aromatic carboxylic acids is 2. The van der Waals surface area contributed by atoms with E-state index >= 15 is 9.59 Å². The number of phenols is 1. The molecule has 42 heteroatoms. The molecule has 5 aromatic rings. The number of nitrogen functional groups attached to an aromatic ring is 1. The summed E-state index contributed by atoms with van der Waals surface area (Å²) >= 11 is 0. The van der Waals surface area contributed by atoms with E-state index in [9.17, 15) is 137 Å². The standard InChI is InChI=1S/C90H112N10O32/c1-52(101)56(18-28-76(108)109)44-68(105)45-58(85(120)121)17-27-75(107)93-70(88(126)127)11-5-4-10-66(103)48-72(95-81(117)61-41-62(86(122)123)43-63(42-61)87(124)125)83(119)92-29-7-6-12-71(89(128)129)94-80(116)60(40-54-13-16-55-8-2-3-9-57(55)39-54)47-74(106)84(132-69-24-21-65(102)22-25-69)96-82(118)59(38-53-14-19-64(91)20-15-53)46-67(104)23-26-73(90(130)131)100-36-34-98(50-78(112)113)32-30-97(49-77(110)111)31-33-99(35-37-100)51-79(114)115/h2-3,8-9,13-16,19-22,24-25,39,41-43,56,58-60,70-73,84,102H,4-7,10-12,17-18,23,26-38,40,44-51,91H2,1H3,(H,92,119)(H,93,107)(H,94,116)(H,95,117)(H,96,118)(H,108,109)(H,110,111)(H,112,113)(H,114,115)(H,120,121)(H,122,123)(H,124,125)(H,126,127)(H,128,129)(H,130,131)/t56-,58-,59-,60+,70-,71-,72-,73-,84?/m1/s1. The zero-order valence-electron chi connectivity index (χ0n) is 72.6. The maximum absolute atomic E-state index is 15.2. The van der Waals surface area contributed by atoms with Gasteiger partial charge >= 0.3 is 59.7 Å². The normalized spacial score (nSPS) is 15.0. The summed E-state index contributed by atoms with van der Waals surface area (Å²) in [5.74, 6) is -28.3. The second kappa shape index (κ2) is 53.8. The fourth-order valence-corrected chi connectivity index (χ4v) is 14.9. The summed E-state index contributed by atoms with van der Waals surface area (Å²) in [5.41, 5.74) is 5.44. The van der Waals surface area contributed by atoms with Crippen molar-refractivity contribution in [2.24, 2.45) is 23.7 Å². The van der Waals surface area contributed by atoms with Crippen LogP contribution in [-0.4, -0.2) is 303 Å². The Balaban J connectivity index is 1.18. The van der Waals surface area contributed by atoms with Crippen molar-refractivity contribution in [3.05, 3.63) is 137 Å². The Morgan fingerprint density at radius 2 is 0.894 bits per heavy atom. The monoisotopic (exact) mass is 1840 g/mol. The van der Waals surface area contributed by atoms with Crippen molar-refractivity contribution in [3.63, 3.8) is 0 Å². The van der Waals surface area contributed by atoms with Crippen LogP contribution in [0.4, 0.5) is 5.69 Å². The molecule has 0 spiro atoms. The third kappa shape index (κ3) is 38.4. The number of aromatic hydroxyl groups is 1. The second-order valence-corrected chi connectivity index (χ2v) is 32.4. The fraction of sp³-hybridized carbons (Fsp3) is 0.467. The van der Waals surface area contributed by atoms with Crippen LogP contribution in [-0.2, 0) is 94.3 Å². The van der Waals surface area contributed by atoms with Gasteiger partial charge in [0.1, 0.15) is 58.8 Å². The van der Waals surface area contributed by atoms with E-state index in [0.717, 1.165) is 30.5 Å². The molecule has 5 amide bonds. The first-order valence-corrected chi connectivity index (χ1v) is 42.7. The molecule has 1 unspecified atom stereocenters. The average molecular weight is 1850 g/mol. The molecule has 6 rings (SSSR count). The Hall–Kier alpha value is -14.0. The molecule has 714 valence electrons. The largest absolute Gasteiger partial charge is 0.508 e. The second-order valence-electron chi connectivity index (χ2n) is 32.4. The Labute approximate surface area is 756 Å². The predicted octanol–water partition coefficient (Wildman–Crippen LogP) is 3.33. The van der Waals surface area contributed by atoms with Gasteiger partial charge in [0.15, 0.2) is 5.78 Å². The van der Waals surface area contributed by atoms with Crippen molar-refractivity contribution in [1.29, 1.82) is 0 Å². The van der Waals surface area contributed by atoms with Crippen molar-refractivity contribution in [1.82, 2.24) is 46.2 Å². The van der Waals surface area contributed by atoms with Gasteiger partial charge in [0.2, 0.25) is 29.9 Å². The minimum Gasteiger partial charge on any atom is -0.508 e. The third-order valence-electron chi connectivity index (χ3n) is 22.2. The van der Waals surface area contributed by atoms with Gasteiger partial charge in [-0.05, 0) is 148 Å². The number of benzene rings is 5. The summed E-state index contributed by atoms with van der Waals surface area (Å²) in [6, 6.07) is 19.2. The number of unbranched alkanes of at least 4 members (excludes halogenated alkanes) is 2. The van der Waals surface area contributed by atoms with Crippen LogP contribution in [0.25, 0.3) is 10.8 Å². The highest BCUT2D eigenvalue weighted by atomic mass is 16.5. The molecule has 9 atom stereocenters. The molecule has 18 N–H and O–H groups in total. The molecule has 0 aliphatic carbocycles. The van der Waals surface area contributed by atoms with Gasteiger partial charge in [-0.3, -0.25) is 96.3 Å². The lowest BCUT2D eigenvalue weighted by molar-refractivity contribution is -0.145. The zero-order valence-corrected chi connectivity index (χ0v) is 72.6. The number of nitrogens with zero attached hydrogens (tertiary/aromatic N) is 4. The number of Topliss-reactive ketones (excluding diaryl/α,β-unsaturated/α-hetero) is 5. The predicted molar refractivity (Wildman–Crippen MR) is 465 cm³/mol. The van der Waals surface area contributed by atoms with Crippen LogP contribution in [0.15, 0.2) is 109 Å². The number of phenolic OH excluding ortho intramolecular Hbond substituents is 1. The van der Waals surface area contributed by atoms with Gasteiger partial charge in [0.25, 0.3) is 5.91 Å². The van der Waals surface area contributed by atoms with Crippen molar-refractivity contribution < 1.29 is 157 Å². The first kappa shape index (κ1) is 107. The molecule has 1 saturated heterocycles. The number of ether oxygens (including phenoxy) is 1. The van der Waals surface area contributed by atoms with Gasteiger partial charge in [-0.2, -0.15) is 0 Å². The molecule has 42 nitrogen and oxygen atoms in total. The smallest absolute Gasteiger partial charge is 0.335 e. The highest BCUT2D eigenvalue weighted by Gasteiger charge is 2.37. The number of fused-ring (bicyclic) bond motifs is 1. The number of carbonyl (C=O) groups excluding carboxylic acids is 10.